The first-order valence-corrected chi connectivity index (χ1v) is 3.91. The van der Waals surface area contributed by atoms with Crippen molar-refractivity contribution in [3.63, 3.8) is 0 Å². The highest BCUT2D eigenvalue weighted by Crippen LogP contribution is 2.39. The van der Waals surface area contributed by atoms with E-state index >= 15 is 0 Å². The van der Waals surface area contributed by atoms with Crippen molar-refractivity contribution >= 4 is 0 Å². The molecule has 0 aromatic rings. The lowest BCUT2D eigenvalue weighted by atomic mass is 10.0. The molecular weight excluding hydrogens is 140 g/mol. The zero-order valence-corrected chi connectivity index (χ0v) is 7.05. The van der Waals surface area contributed by atoms with Gasteiger partial charge in [-0.15, -0.1) is 11.8 Å². The van der Waals surface area contributed by atoms with E-state index in [1.807, 2.05) is 13.8 Å². The second-order valence-electron chi connectivity index (χ2n) is 3.03. The van der Waals surface area contributed by atoms with Crippen LogP contribution in [0.1, 0.15) is 26.7 Å². The molecule has 1 aliphatic rings. The maximum atomic E-state index is 8.74. The lowest BCUT2D eigenvalue weighted by Gasteiger charge is -2.00. The summed E-state index contributed by atoms with van der Waals surface area (Å²) in [7, 11) is 0. The van der Waals surface area contributed by atoms with Gasteiger partial charge in [0, 0.05) is 6.42 Å². The fourth-order valence-corrected chi connectivity index (χ4v) is 1.18. The van der Waals surface area contributed by atoms with Gasteiger partial charge in [0.15, 0.2) is 0 Å². The van der Waals surface area contributed by atoms with E-state index in [-0.39, 0.29) is 18.3 Å². The Morgan fingerprint density at radius 1 is 1.64 bits per heavy atom. The molecule has 1 N–H and O–H groups in total. The molecule has 1 fully saturated rings. The Hall–Kier alpha value is -0.520. The molecule has 2 nitrogen and oxygen atoms in total. The summed E-state index contributed by atoms with van der Waals surface area (Å²) in [5, 5.41) is 8.74. The Morgan fingerprint density at radius 2 is 2.36 bits per heavy atom. The van der Waals surface area contributed by atoms with Gasteiger partial charge in [-0.25, -0.2) is 0 Å². The Morgan fingerprint density at radius 3 is 2.82 bits per heavy atom. The normalized spacial score (nSPS) is 34.3. The molecule has 0 aliphatic carbocycles. The van der Waals surface area contributed by atoms with E-state index < -0.39 is 0 Å². The van der Waals surface area contributed by atoms with Crippen LogP contribution >= 0.6 is 0 Å². The number of ether oxygens (including phenoxy) is 1. The minimum atomic E-state index is -0.0847. The third-order valence-electron chi connectivity index (χ3n) is 2.12. The van der Waals surface area contributed by atoms with Crippen LogP contribution in [0.5, 0.6) is 0 Å². The highest BCUT2D eigenvalue weighted by Gasteiger charge is 2.50. The maximum Gasteiger partial charge on any atom is 0.110 e. The summed E-state index contributed by atoms with van der Waals surface area (Å²) in [5.41, 5.74) is -0.0847. The molecule has 1 aliphatic heterocycles. The summed E-state index contributed by atoms with van der Waals surface area (Å²) in [5.74, 6) is 5.81. The van der Waals surface area contributed by atoms with Crippen LogP contribution in [-0.4, -0.2) is 23.4 Å². The SMILES string of the molecule is CC#CCC[C@]1(C)O[C@H]1CO. The lowest BCUT2D eigenvalue weighted by molar-refractivity contribution is 0.235. The van der Waals surface area contributed by atoms with E-state index in [1.54, 1.807) is 0 Å². The average molecular weight is 154 g/mol. The van der Waals surface area contributed by atoms with Crippen LogP contribution in [0.2, 0.25) is 0 Å². The average Bonchev–Trinajstić information content (AvgIpc) is 2.63. The van der Waals surface area contributed by atoms with Crippen molar-refractivity contribution in [3.05, 3.63) is 0 Å². The predicted octanol–water partition coefficient (Wildman–Crippen LogP) is 0.940. The van der Waals surface area contributed by atoms with Crippen molar-refractivity contribution in [1.29, 1.82) is 0 Å². The van der Waals surface area contributed by atoms with Crippen LogP contribution in [0.25, 0.3) is 0 Å². The second-order valence-corrected chi connectivity index (χ2v) is 3.03. The molecule has 1 heterocycles. The topological polar surface area (TPSA) is 32.8 Å². The van der Waals surface area contributed by atoms with Gasteiger partial charge in [-0.2, -0.15) is 0 Å². The molecule has 0 spiro atoms. The minimum absolute atomic E-state index is 0.0566. The fraction of sp³-hybridized carbons (Fsp3) is 0.778. The summed E-state index contributed by atoms with van der Waals surface area (Å²) in [6, 6.07) is 0. The molecule has 0 aromatic heterocycles. The Bertz CT molecular complexity index is 189. The summed E-state index contributed by atoms with van der Waals surface area (Å²) in [6.07, 6.45) is 1.85. The zero-order chi connectivity index (χ0) is 8.32. The van der Waals surface area contributed by atoms with Crippen molar-refractivity contribution in [2.75, 3.05) is 6.61 Å². The molecule has 0 bridgehead atoms. The van der Waals surface area contributed by atoms with E-state index in [9.17, 15) is 0 Å². The standard InChI is InChI=1S/C9H14O2/c1-3-4-5-6-9(2)8(7-10)11-9/h8,10H,5-7H2,1-2H3/t8-,9-/m0/s1. The summed E-state index contributed by atoms with van der Waals surface area (Å²) >= 11 is 0. The zero-order valence-electron chi connectivity index (χ0n) is 7.05. The van der Waals surface area contributed by atoms with Gasteiger partial charge in [0.2, 0.25) is 0 Å². The highest BCUT2D eigenvalue weighted by molar-refractivity contribution is 5.03. The Labute approximate surface area is 67.6 Å². The number of epoxide rings is 1. The summed E-state index contributed by atoms with van der Waals surface area (Å²) < 4.78 is 5.28. The largest absolute Gasteiger partial charge is 0.394 e. The molecule has 1 rings (SSSR count). The number of aliphatic hydroxyl groups is 1. The van der Waals surface area contributed by atoms with E-state index in [4.69, 9.17) is 9.84 Å². The smallest absolute Gasteiger partial charge is 0.110 e. The first-order valence-electron chi connectivity index (χ1n) is 3.91. The van der Waals surface area contributed by atoms with Gasteiger partial charge >= 0.3 is 0 Å². The molecular formula is C9H14O2. The quantitative estimate of drug-likeness (QED) is 0.484. The van der Waals surface area contributed by atoms with Gasteiger partial charge in [0.1, 0.15) is 6.10 Å². The Kier molecular flexibility index (Phi) is 2.53. The molecule has 0 aromatic carbocycles. The molecule has 0 saturated carbocycles. The molecule has 2 heteroatoms. The molecule has 62 valence electrons. The fourth-order valence-electron chi connectivity index (χ4n) is 1.18. The van der Waals surface area contributed by atoms with Gasteiger partial charge in [-0.3, -0.25) is 0 Å². The number of hydrogen-bond donors (Lipinski definition) is 1. The van der Waals surface area contributed by atoms with E-state index in [0.717, 1.165) is 12.8 Å². The summed E-state index contributed by atoms with van der Waals surface area (Å²) in [4.78, 5) is 0. The first kappa shape index (κ1) is 8.58. The molecule has 11 heavy (non-hydrogen) atoms. The van der Waals surface area contributed by atoms with Crippen LogP contribution in [0.4, 0.5) is 0 Å². The number of aliphatic hydroxyl groups excluding tert-OH is 1. The van der Waals surface area contributed by atoms with E-state index in [1.165, 1.54) is 0 Å². The third-order valence-corrected chi connectivity index (χ3v) is 2.12. The van der Waals surface area contributed by atoms with Gasteiger partial charge in [-0.1, -0.05) is 0 Å². The van der Waals surface area contributed by atoms with Gasteiger partial charge < -0.3 is 9.84 Å². The highest BCUT2D eigenvalue weighted by atomic mass is 16.6. The van der Waals surface area contributed by atoms with Crippen LogP contribution < -0.4 is 0 Å². The Balaban J connectivity index is 2.21. The lowest BCUT2D eigenvalue weighted by Crippen LogP contribution is -2.11. The first-order chi connectivity index (χ1) is 5.23. The third kappa shape index (κ3) is 1.95. The van der Waals surface area contributed by atoms with E-state index in [2.05, 4.69) is 11.8 Å². The van der Waals surface area contributed by atoms with Crippen molar-refractivity contribution < 1.29 is 9.84 Å². The minimum Gasteiger partial charge on any atom is -0.394 e. The molecule has 0 radical (unpaired) electrons. The molecule has 0 amide bonds. The van der Waals surface area contributed by atoms with Gasteiger partial charge in [-0.05, 0) is 20.3 Å². The monoisotopic (exact) mass is 154 g/mol. The number of rotatable bonds is 3. The van der Waals surface area contributed by atoms with E-state index in [0.29, 0.717) is 0 Å². The number of hydrogen-bond acceptors (Lipinski definition) is 2. The van der Waals surface area contributed by atoms with Crippen molar-refractivity contribution in [1.82, 2.24) is 0 Å². The van der Waals surface area contributed by atoms with Crippen LogP contribution in [-0.2, 0) is 4.74 Å². The molecule has 0 unspecified atom stereocenters. The van der Waals surface area contributed by atoms with Gasteiger partial charge in [0.05, 0.1) is 12.2 Å². The van der Waals surface area contributed by atoms with Crippen molar-refractivity contribution in [2.45, 2.75) is 38.4 Å². The van der Waals surface area contributed by atoms with Crippen LogP contribution in [0.3, 0.4) is 0 Å². The summed E-state index contributed by atoms with van der Waals surface area (Å²) in [6.45, 7) is 3.99. The van der Waals surface area contributed by atoms with Crippen molar-refractivity contribution in [2.24, 2.45) is 0 Å². The maximum absolute atomic E-state index is 8.74. The van der Waals surface area contributed by atoms with Gasteiger partial charge in [0.25, 0.3) is 0 Å². The van der Waals surface area contributed by atoms with Crippen LogP contribution in [0, 0.1) is 11.8 Å². The molecule has 2 atom stereocenters. The van der Waals surface area contributed by atoms with Crippen molar-refractivity contribution in [3.8, 4) is 11.8 Å². The van der Waals surface area contributed by atoms with Crippen LogP contribution in [0.15, 0.2) is 0 Å². The second kappa shape index (κ2) is 3.25. The molecule has 1 saturated heterocycles. The predicted molar refractivity (Wildman–Crippen MR) is 43.0 cm³/mol.